The summed E-state index contributed by atoms with van der Waals surface area (Å²) in [6.07, 6.45) is 0.619. The molecule has 32 heavy (non-hydrogen) atoms. The summed E-state index contributed by atoms with van der Waals surface area (Å²) in [6.45, 7) is 2.15. The number of hydrogen-bond donors (Lipinski definition) is 1. The molecule has 1 amide bonds. The highest BCUT2D eigenvalue weighted by atomic mass is 35.5. The van der Waals surface area contributed by atoms with Crippen molar-refractivity contribution in [1.82, 2.24) is 14.0 Å². The Bertz CT molecular complexity index is 1340. The number of nitriles is 1. The van der Waals surface area contributed by atoms with E-state index in [2.05, 4.69) is 0 Å². The molecule has 2 unspecified atom stereocenters. The number of rotatable bonds is 4. The smallest absolute Gasteiger partial charge is 0.336 e. The summed E-state index contributed by atoms with van der Waals surface area (Å²) in [7, 11) is 0. The lowest BCUT2D eigenvalue weighted by molar-refractivity contribution is -0.129. The average Bonchev–Trinajstić information content (AvgIpc) is 3.47. The molecule has 0 spiro atoms. The Morgan fingerprint density at radius 3 is 2.75 bits per heavy atom. The summed E-state index contributed by atoms with van der Waals surface area (Å²) in [6, 6.07) is 14.4. The fourth-order valence-electron chi connectivity index (χ4n) is 4.69. The first kappa shape index (κ1) is 20.7. The van der Waals surface area contributed by atoms with Crippen molar-refractivity contribution in [2.75, 3.05) is 12.3 Å². The molecule has 1 N–H and O–H groups in total. The molecule has 1 aromatic heterocycles. The van der Waals surface area contributed by atoms with Crippen molar-refractivity contribution in [3.63, 3.8) is 0 Å². The van der Waals surface area contributed by atoms with Gasteiger partial charge >= 0.3 is 5.69 Å². The second-order valence-electron chi connectivity index (χ2n) is 7.93. The fraction of sp³-hybridized carbons (Fsp3) is 0.261. The zero-order chi connectivity index (χ0) is 22.6. The molecule has 2 aromatic carbocycles. The number of hydrogen-bond acceptors (Lipinski definition) is 5. The van der Waals surface area contributed by atoms with Gasteiger partial charge in [-0.1, -0.05) is 29.8 Å². The van der Waals surface area contributed by atoms with Crippen LogP contribution in [0.4, 0.5) is 0 Å². The summed E-state index contributed by atoms with van der Waals surface area (Å²) in [4.78, 5) is 28.9. The van der Waals surface area contributed by atoms with Gasteiger partial charge in [-0.2, -0.15) is 5.26 Å². The molecule has 2 bridgehead atoms. The van der Waals surface area contributed by atoms with E-state index in [0.29, 0.717) is 41.2 Å². The zero-order valence-electron chi connectivity index (χ0n) is 17.2. The van der Waals surface area contributed by atoms with Crippen LogP contribution in [0.3, 0.4) is 0 Å². The molecule has 0 aliphatic carbocycles. The summed E-state index contributed by atoms with van der Waals surface area (Å²) >= 11 is 7.76. The molecule has 1 saturated heterocycles. The summed E-state index contributed by atoms with van der Waals surface area (Å²) in [5.41, 5.74) is 1.37. The quantitative estimate of drug-likeness (QED) is 0.590. The third kappa shape index (κ3) is 3.04. The van der Waals surface area contributed by atoms with Crippen molar-refractivity contribution in [2.45, 2.75) is 30.3 Å². The summed E-state index contributed by atoms with van der Waals surface area (Å²) in [5.74, 6) is 0.0953. The highest BCUT2D eigenvalue weighted by Gasteiger charge is 2.49. The first-order chi connectivity index (χ1) is 15.4. The Kier molecular flexibility index (Phi) is 5.03. The molecule has 162 valence electrons. The SMILES string of the molecule is Cc1c(-n2c(O)c3n(c2=O)C2CC3N(C(=O)CSc3ccccc3)C2)ccc(C#N)c1Cl. The summed E-state index contributed by atoms with van der Waals surface area (Å²) < 4.78 is 2.82. The Morgan fingerprint density at radius 1 is 1.28 bits per heavy atom. The number of carbonyl (C=O) groups excluding carboxylic acids is 1. The number of likely N-dealkylation sites (tertiary alicyclic amines) is 1. The van der Waals surface area contributed by atoms with E-state index in [9.17, 15) is 20.0 Å². The van der Waals surface area contributed by atoms with Crippen molar-refractivity contribution in [1.29, 1.82) is 5.26 Å². The molecule has 3 aromatic rings. The van der Waals surface area contributed by atoms with Crippen molar-refractivity contribution in [3.05, 3.63) is 74.8 Å². The molecule has 2 aliphatic heterocycles. The molecular weight excluding hydrogens is 448 g/mol. The van der Waals surface area contributed by atoms with Gasteiger partial charge in [0.2, 0.25) is 11.8 Å². The lowest BCUT2D eigenvalue weighted by Crippen LogP contribution is -2.38. The Balaban J connectivity index is 1.47. The van der Waals surface area contributed by atoms with Gasteiger partial charge in [0.1, 0.15) is 11.8 Å². The van der Waals surface area contributed by atoms with Crippen LogP contribution >= 0.6 is 23.4 Å². The largest absolute Gasteiger partial charge is 0.493 e. The minimum atomic E-state index is -0.361. The number of carbonyl (C=O) groups is 1. The topological polar surface area (TPSA) is 91.3 Å². The molecule has 2 aliphatic rings. The van der Waals surface area contributed by atoms with Crippen LogP contribution < -0.4 is 5.69 Å². The normalized spacial score (nSPS) is 18.6. The predicted octanol–water partition coefficient (Wildman–Crippen LogP) is 3.80. The van der Waals surface area contributed by atoms with Gasteiger partial charge in [-0.25, -0.2) is 9.36 Å². The molecule has 0 radical (unpaired) electrons. The van der Waals surface area contributed by atoms with Crippen LogP contribution in [-0.4, -0.2) is 37.3 Å². The average molecular weight is 467 g/mol. The van der Waals surface area contributed by atoms with Crippen LogP contribution in [-0.2, 0) is 4.79 Å². The number of aromatic hydroxyl groups is 1. The lowest BCUT2D eigenvalue weighted by atomic mass is 10.1. The molecular formula is C23H19ClN4O3S. The Labute approximate surface area is 193 Å². The third-order valence-corrected chi connectivity index (χ3v) is 7.69. The van der Waals surface area contributed by atoms with Gasteiger partial charge in [-0.3, -0.25) is 9.36 Å². The molecule has 0 saturated carbocycles. The first-order valence-corrected chi connectivity index (χ1v) is 11.5. The number of benzene rings is 2. The van der Waals surface area contributed by atoms with Gasteiger partial charge in [-0.05, 0) is 43.2 Å². The fourth-order valence-corrected chi connectivity index (χ4v) is 5.69. The number of imidazole rings is 1. The highest BCUT2D eigenvalue weighted by Crippen LogP contribution is 2.49. The van der Waals surface area contributed by atoms with Gasteiger partial charge in [0, 0.05) is 11.4 Å². The third-order valence-electron chi connectivity index (χ3n) is 6.20. The van der Waals surface area contributed by atoms with Crippen molar-refractivity contribution in [3.8, 4) is 17.6 Å². The van der Waals surface area contributed by atoms with E-state index < -0.39 is 0 Å². The molecule has 2 atom stereocenters. The van der Waals surface area contributed by atoms with Crippen LogP contribution in [0.15, 0.2) is 52.2 Å². The van der Waals surface area contributed by atoms with E-state index in [1.54, 1.807) is 22.5 Å². The molecule has 5 rings (SSSR count). The van der Waals surface area contributed by atoms with Crippen LogP contribution in [0, 0.1) is 18.3 Å². The molecule has 7 nitrogen and oxygen atoms in total. The highest BCUT2D eigenvalue weighted by molar-refractivity contribution is 8.00. The summed E-state index contributed by atoms with van der Waals surface area (Å²) in [5, 5.41) is 20.5. The molecule has 3 heterocycles. The number of halogens is 1. The predicted molar refractivity (Wildman–Crippen MR) is 121 cm³/mol. The van der Waals surface area contributed by atoms with Gasteiger partial charge in [0.05, 0.1) is 34.1 Å². The maximum absolute atomic E-state index is 13.2. The lowest BCUT2D eigenvalue weighted by Gasteiger charge is -2.27. The Morgan fingerprint density at radius 2 is 2.03 bits per heavy atom. The number of amides is 1. The van der Waals surface area contributed by atoms with Crippen LogP contribution in [0.5, 0.6) is 5.88 Å². The second kappa shape index (κ2) is 7.76. The van der Waals surface area contributed by atoms with Crippen LogP contribution in [0.2, 0.25) is 5.02 Å². The minimum absolute atomic E-state index is 0.0187. The van der Waals surface area contributed by atoms with Gasteiger partial charge in [-0.15, -0.1) is 11.8 Å². The second-order valence-corrected chi connectivity index (χ2v) is 9.36. The van der Waals surface area contributed by atoms with Gasteiger partial charge in [0.15, 0.2) is 0 Å². The number of fused-ring (bicyclic) bond motifs is 5. The molecule has 9 heteroatoms. The van der Waals surface area contributed by atoms with E-state index in [1.807, 2.05) is 36.4 Å². The monoisotopic (exact) mass is 466 g/mol. The Hall–Kier alpha value is -3.15. The standard InChI is InChI=1S/C23H19ClN4O3S/c1-13-17(8-7-14(10-25)20(13)24)28-22(30)21-18-9-15(27(21)23(28)31)11-26(18)19(29)12-32-16-5-3-2-4-6-16/h2-8,15,18,30H,9,11-12H2,1H3. The van der Waals surface area contributed by atoms with E-state index in [-0.39, 0.29) is 34.6 Å². The maximum Gasteiger partial charge on any atom is 0.336 e. The van der Waals surface area contributed by atoms with Crippen LogP contribution in [0.25, 0.3) is 5.69 Å². The van der Waals surface area contributed by atoms with Crippen molar-refractivity contribution < 1.29 is 9.90 Å². The zero-order valence-corrected chi connectivity index (χ0v) is 18.7. The molecule has 1 fully saturated rings. The van der Waals surface area contributed by atoms with Crippen molar-refractivity contribution >= 4 is 29.3 Å². The minimum Gasteiger partial charge on any atom is -0.493 e. The maximum atomic E-state index is 13.2. The number of nitrogens with zero attached hydrogens (tertiary/aromatic N) is 4. The first-order valence-electron chi connectivity index (χ1n) is 10.1. The van der Waals surface area contributed by atoms with Crippen LogP contribution in [0.1, 0.15) is 35.3 Å². The number of aromatic nitrogens is 2. The van der Waals surface area contributed by atoms with Gasteiger partial charge < -0.3 is 10.0 Å². The number of thioether (sulfide) groups is 1. The van der Waals surface area contributed by atoms with E-state index >= 15 is 0 Å². The van der Waals surface area contributed by atoms with E-state index in [0.717, 1.165) is 4.90 Å². The van der Waals surface area contributed by atoms with E-state index in [1.165, 1.54) is 22.4 Å². The van der Waals surface area contributed by atoms with E-state index in [4.69, 9.17) is 11.6 Å². The van der Waals surface area contributed by atoms with Crippen molar-refractivity contribution in [2.24, 2.45) is 0 Å². The van der Waals surface area contributed by atoms with Gasteiger partial charge in [0.25, 0.3) is 0 Å².